The van der Waals surface area contributed by atoms with Crippen LogP contribution >= 0.6 is 35.0 Å². The largest absolute Gasteiger partial charge is 0.373 e. The van der Waals surface area contributed by atoms with Crippen LogP contribution in [0.4, 0.5) is 0 Å². The van der Waals surface area contributed by atoms with Crippen molar-refractivity contribution in [1.29, 1.82) is 0 Å². The number of rotatable bonds is 2. The number of nitrogens with zero attached hydrogens (tertiary/aromatic N) is 2. The maximum atomic E-state index is 8.12. The second kappa shape index (κ2) is 7.09. The van der Waals surface area contributed by atoms with Gasteiger partial charge >= 0.3 is 6.15 Å². The molecule has 8 heteroatoms. The zero-order chi connectivity index (χ0) is 12.7. The minimum atomic E-state index is 0.250. The number of hydrogen-bond acceptors (Lipinski definition) is 5. The van der Waals surface area contributed by atoms with E-state index in [-0.39, 0.29) is 6.15 Å². The highest BCUT2D eigenvalue weighted by Crippen LogP contribution is 2.30. The molecule has 0 bridgehead atoms. The third kappa shape index (κ3) is 4.58. The lowest BCUT2D eigenvalue weighted by Crippen LogP contribution is -1.75. The highest BCUT2D eigenvalue weighted by atomic mass is 35.5. The number of aromatic nitrogens is 3. The first kappa shape index (κ1) is 13.7. The first-order valence-electron chi connectivity index (χ1n) is 4.15. The monoisotopic (exact) mass is 289 g/mol. The maximum absolute atomic E-state index is 8.12. The van der Waals surface area contributed by atoms with Crippen LogP contribution in [0.3, 0.4) is 0 Å². The molecular weight excluding hydrogens is 285 g/mol. The van der Waals surface area contributed by atoms with E-state index in [2.05, 4.69) is 15.4 Å². The van der Waals surface area contributed by atoms with Gasteiger partial charge in [-0.2, -0.15) is 19.9 Å². The van der Waals surface area contributed by atoms with Crippen LogP contribution in [0.15, 0.2) is 34.3 Å². The molecule has 1 aromatic carbocycles. The van der Waals surface area contributed by atoms with Gasteiger partial charge in [0.15, 0.2) is 0 Å². The normalized spacial score (nSPS) is 9.06. The van der Waals surface area contributed by atoms with Gasteiger partial charge in [0.2, 0.25) is 0 Å². The van der Waals surface area contributed by atoms with Gasteiger partial charge in [0.1, 0.15) is 5.03 Å². The number of halogens is 2. The number of hydrogen-bond donors (Lipinski definition) is 1. The maximum Gasteiger partial charge on any atom is 0.373 e. The summed E-state index contributed by atoms with van der Waals surface area (Å²) in [7, 11) is 0. The van der Waals surface area contributed by atoms with Gasteiger partial charge in [-0.15, -0.1) is 5.10 Å². The number of aromatic amines is 1. The topological polar surface area (TPSA) is 75.7 Å². The predicted molar refractivity (Wildman–Crippen MR) is 62.0 cm³/mol. The zero-order valence-electron chi connectivity index (χ0n) is 8.18. The lowest BCUT2D eigenvalue weighted by atomic mass is 10.4. The summed E-state index contributed by atoms with van der Waals surface area (Å²) in [5.41, 5.74) is 0. The molecule has 0 saturated heterocycles. The molecule has 0 fully saturated rings. The van der Waals surface area contributed by atoms with E-state index < -0.39 is 0 Å². The van der Waals surface area contributed by atoms with Crippen LogP contribution in [-0.2, 0) is 9.59 Å². The predicted octanol–water partition coefficient (Wildman–Crippen LogP) is 2.68. The molecule has 1 heterocycles. The van der Waals surface area contributed by atoms with Gasteiger partial charge in [-0.05, 0) is 18.2 Å². The van der Waals surface area contributed by atoms with E-state index in [0.29, 0.717) is 10.0 Å². The van der Waals surface area contributed by atoms with E-state index >= 15 is 0 Å². The summed E-state index contributed by atoms with van der Waals surface area (Å²) >= 11 is 13.1. The zero-order valence-corrected chi connectivity index (χ0v) is 10.5. The Hall–Kier alpha value is -1.33. The SMILES string of the molecule is Clc1ccc(Sc2cn[nH]n2)cc1Cl.O=C=O. The third-order valence-electron chi connectivity index (χ3n) is 1.51. The Morgan fingerprint density at radius 2 is 1.94 bits per heavy atom. The van der Waals surface area contributed by atoms with Crippen molar-refractivity contribution in [3.05, 3.63) is 34.4 Å². The van der Waals surface area contributed by atoms with Gasteiger partial charge in [0.25, 0.3) is 0 Å². The lowest BCUT2D eigenvalue weighted by molar-refractivity contribution is -0.191. The van der Waals surface area contributed by atoms with Gasteiger partial charge < -0.3 is 0 Å². The van der Waals surface area contributed by atoms with E-state index in [1.165, 1.54) is 11.8 Å². The van der Waals surface area contributed by atoms with Gasteiger partial charge in [0.05, 0.1) is 16.2 Å². The first-order chi connectivity index (χ1) is 8.17. The molecule has 0 atom stereocenters. The van der Waals surface area contributed by atoms with Crippen molar-refractivity contribution in [2.45, 2.75) is 9.92 Å². The standard InChI is InChI=1S/C8H5Cl2N3S.CO2/c9-6-2-1-5(3-7(6)10)14-8-4-11-13-12-8;2-1-3/h1-4H,(H,11,12,13);. The summed E-state index contributed by atoms with van der Waals surface area (Å²) < 4.78 is 0. The molecule has 0 radical (unpaired) electrons. The summed E-state index contributed by atoms with van der Waals surface area (Å²) in [6.07, 6.45) is 1.90. The van der Waals surface area contributed by atoms with Gasteiger partial charge in [0, 0.05) is 4.90 Å². The summed E-state index contributed by atoms with van der Waals surface area (Å²) in [6, 6.07) is 5.43. The minimum Gasteiger partial charge on any atom is -0.197 e. The molecule has 0 aliphatic heterocycles. The van der Waals surface area contributed by atoms with Crippen molar-refractivity contribution in [2.75, 3.05) is 0 Å². The summed E-state index contributed by atoms with van der Waals surface area (Å²) in [6.45, 7) is 0. The number of nitrogens with one attached hydrogen (secondary N) is 1. The van der Waals surface area contributed by atoms with Crippen molar-refractivity contribution in [3.63, 3.8) is 0 Å². The van der Waals surface area contributed by atoms with Crippen molar-refractivity contribution in [3.8, 4) is 0 Å². The molecule has 5 nitrogen and oxygen atoms in total. The van der Waals surface area contributed by atoms with E-state index in [9.17, 15) is 0 Å². The Bertz CT molecular complexity index is 513. The van der Waals surface area contributed by atoms with Crippen molar-refractivity contribution in [2.24, 2.45) is 0 Å². The van der Waals surface area contributed by atoms with Crippen LogP contribution in [0.1, 0.15) is 0 Å². The Morgan fingerprint density at radius 1 is 1.24 bits per heavy atom. The van der Waals surface area contributed by atoms with Crippen LogP contribution in [0.2, 0.25) is 10.0 Å². The Balaban J connectivity index is 0.000000437. The molecule has 2 aromatic rings. The van der Waals surface area contributed by atoms with Crippen molar-refractivity contribution >= 4 is 41.1 Å². The second-order valence-corrected chi connectivity index (χ2v) is 4.48. The average molecular weight is 290 g/mol. The van der Waals surface area contributed by atoms with Crippen LogP contribution in [0.5, 0.6) is 0 Å². The average Bonchev–Trinajstić information content (AvgIpc) is 2.77. The Morgan fingerprint density at radius 3 is 2.47 bits per heavy atom. The summed E-state index contributed by atoms with van der Waals surface area (Å²) in [4.78, 5) is 17.2. The first-order valence-corrected chi connectivity index (χ1v) is 5.72. The van der Waals surface area contributed by atoms with Crippen molar-refractivity contribution < 1.29 is 9.59 Å². The highest BCUT2D eigenvalue weighted by molar-refractivity contribution is 7.99. The quantitative estimate of drug-likeness (QED) is 0.920. The number of H-pyrrole nitrogens is 1. The van der Waals surface area contributed by atoms with Crippen LogP contribution in [0.25, 0.3) is 0 Å². The van der Waals surface area contributed by atoms with E-state index in [4.69, 9.17) is 32.8 Å². The molecule has 1 N–H and O–H groups in total. The van der Waals surface area contributed by atoms with E-state index in [1.807, 2.05) is 6.07 Å². The fraction of sp³-hybridized carbons (Fsp3) is 0. The molecular formula is C9H5Cl2N3O2S. The lowest BCUT2D eigenvalue weighted by Gasteiger charge is -1.99. The van der Waals surface area contributed by atoms with E-state index in [0.717, 1.165) is 9.92 Å². The third-order valence-corrected chi connectivity index (χ3v) is 3.14. The number of benzene rings is 1. The minimum absolute atomic E-state index is 0.250. The summed E-state index contributed by atoms with van der Waals surface area (Å²) in [5.74, 6) is 0. The molecule has 2 rings (SSSR count). The summed E-state index contributed by atoms with van der Waals surface area (Å²) in [5, 5.41) is 12.0. The fourth-order valence-electron chi connectivity index (χ4n) is 0.901. The second-order valence-electron chi connectivity index (χ2n) is 2.57. The van der Waals surface area contributed by atoms with Crippen LogP contribution in [-0.4, -0.2) is 21.6 Å². The fourth-order valence-corrected chi connectivity index (χ4v) is 2.01. The van der Waals surface area contributed by atoms with Gasteiger partial charge in [-0.3, -0.25) is 0 Å². The molecule has 0 aliphatic rings. The smallest absolute Gasteiger partial charge is 0.197 e. The molecule has 17 heavy (non-hydrogen) atoms. The highest BCUT2D eigenvalue weighted by Gasteiger charge is 2.02. The van der Waals surface area contributed by atoms with Crippen molar-refractivity contribution in [1.82, 2.24) is 15.4 Å². The molecule has 0 saturated carbocycles. The molecule has 88 valence electrons. The van der Waals surface area contributed by atoms with Crippen LogP contribution < -0.4 is 0 Å². The molecule has 0 amide bonds. The number of carbonyl (C=O) groups excluding carboxylic acids is 2. The molecule has 1 aromatic heterocycles. The molecule has 0 unspecified atom stereocenters. The Labute approximate surface area is 110 Å². The van der Waals surface area contributed by atoms with Gasteiger partial charge in [-0.1, -0.05) is 35.0 Å². The molecule has 0 spiro atoms. The van der Waals surface area contributed by atoms with Crippen LogP contribution in [0, 0.1) is 0 Å². The van der Waals surface area contributed by atoms with Gasteiger partial charge in [-0.25, -0.2) is 0 Å². The van der Waals surface area contributed by atoms with E-state index in [1.54, 1.807) is 18.3 Å². The molecule has 0 aliphatic carbocycles. The Kier molecular flexibility index (Phi) is 5.72.